The van der Waals surface area contributed by atoms with Crippen LogP contribution in [0, 0.1) is 0 Å². The molecule has 0 fully saturated rings. The molecule has 3 aromatic rings. The van der Waals surface area contributed by atoms with Gasteiger partial charge in [0.25, 0.3) is 0 Å². The summed E-state index contributed by atoms with van der Waals surface area (Å²) >= 11 is 0. The number of nitrogens with one attached hydrogen (secondary N) is 3. The molecule has 9 nitrogen and oxygen atoms in total. The highest BCUT2D eigenvalue weighted by molar-refractivity contribution is 6.74. The lowest BCUT2D eigenvalue weighted by Gasteiger charge is -2.36. The number of carbonyl (C=O) groups is 1. The fourth-order valence-corrected chi connectivity index (χ4v) is 4.16. The Labute approximate surface area is 226 Å². The van der Waals surface area contributed by atoms with Gasteiger partial charge >= 0.3 is 6.09 Å². The third kappa shape index (κ3) is 9.04. The van der Waals surface area contributed by atoms with Gasteiger partial charge in [0.1, 0.15) is 12.4 Å². The summed E-state index contributed by atoms with van der Waals surface area (Å²) in [5, 5.41) is 9.47. The molecule has 10 heteroatoms. The van der Waals surface area contributed by atoms with E-state index in [1.807, 2.05) is 54.6 Å². The van der Waals surface area contributed by atoms with Crippen molar-refractivity contribution in [3.8, 4) is 0 Å². The number of alkyl carbamates (subject to hydrolysis) is 1. The Morgan fingerprint density at radius 2 is 1.79 bits per heavy atom. The van der Waals surface area contributed by atoms with E-state index in [2.05, 4.69) is 54.8 Å². The third-order valence-corrected chi connectivity index (χ3v) is 11.0. The fourth-order valence-electron chi connectivity index (χ4n) is 3.21. The van der Waals surface area contributed by atoms with Crippen molar-refractivity contribution in [2.45, 2.75) is 58.5 Å². The van der Waals surface area contributed by atoms with Crippen molar-refractivity contribution in [1.29, 1.82) is 0 Å². The minimum atomic E-state index is -1.95. The van der Waals surface area contributed by atoms with E-state index in [4.69, 9.17) is 19.9 Å². The average molecular weight is 537 g/mol. The number of anilines is 4. The quantitative estimate of drug-likeness (QED) is 0.125. The van der Waals surface area contributed by atoms with E-state index < -0.39 is 14.4 Å². The molecule has 1 amide bonds. The molecule has 0 unspecified atom stereocenters. The van der Waals surface area contributed by atoms with Crippen molar-refractivity contribution >= 4 is 37.6 Å². The van der Waals surface area contributed by atoms with Gasteiger partial charge in [-0.2, -0.15) is 4.98 Å². The number of carbonyl (C=O) groups excluding carboxylic acids is 1. The second-order valence-corrected chi connectivity index (χ2v) is 15.4. The van der Waals surface area contributed by atoms with Gasteiger partial charge in [0, 0.05) is 36.2 Å². The molecule has 5 N–H and O–H groups in total. The van der Waals surface area contributed by atoms with Gasteiger partial charge in [0.05, 0.1) is 6.61 Å². The summed E-state index contributed by atoms with van der Waals surface area (Å²) in [5.41, 5.74) is 9.19. The maximum absolute atomic E-state index is 12.0. The molecule has 0 saturated carbocycles. The van der Waals surface area contributed by atoms with E-state index in [0.717, 1.165) is 16.8 Å². The minimum Gasteiger partial charge on any atom is -0.445 e. The molecule has 0 aliphatic carbocycles. The molecule has 0 saturated heterocycles. The van der Waals surface area contributed by atoms with Crippen LogP contribution in [0.25, 0.3) is 0 Å². The number of hydrogen-bond donors (Lipinski definition) is 4. The number of benzene rings is 2. The Kier molecular flexibility index (Phi) is 10.1. The lowest BCUT2D eigenvalue weighted by atomic mass is 10.2. The Morgan fingerprint density at radius 3 is 2.50 bits per heavy atom. The largest absolute Gasteiger partial charge is 0.445 e. The smallest absolute Gasteiger partial charge is 0.407 e. The van der Waals surface area contributed by atoms with E-state index in [9.17, 15) is 4.79 Å². The van der Waals surface area contributed by atoms with Gasteiger partial charge in [0.15, 0.2) is 8.32 Å². The SMILES string of the molecule is CC(C)(C)[Si](C)(C)OCc1cnc(Nc2cccc(N)c2)nc1NCCCNC(=O)OCc1ccccc1. The highest BCUT2D eigenvalue weighted by atomic mass is 28.4. The first-order valence-electron chi connectivity index (χ1n) is 12.8. The lowest BCUT2D eigenvalue weighted by molar-refractivity contribution is 0.139. The third-order valence-electron chi connectivity index (χ3n) is 6.53. The van der Waals surface area contributed by atoms with Crippen molar-refractivity contribution in [3.05, 3.63) is 71.9 Å². The number of hydrogen-bond acceptors (Lipinski definition) is 8. The van der Waals surface area contributed by atoms with Gasteiger partial charge in [-0.3, -0.25) is 0 Å². The molecule has 1 aromatic heterocycles. The topological polar surface area (TPSA) is 123 Å². The minimum absolute atomic E-state index is 0.0942. The normalized spacial score (nSPS) is 11.6. The van der Waals surface area contributed by atoms with Crippen LogP contribution in [0.5, 0.6) is 0 Å². The number of rotatable bonds is 12. The fraction of sp³-hybridized carbons (Fsp3) is 0.393. The van der Waals surface area contributed by atoms with Crippen molar-refractivity contribution in [2.75, 3.05) is 29.5 Å². The van der Waals surface area contributed by atoms with Gasteiger partial charge < -0.3 is 30.8 Å². The summed E-state index contributed by atoms with van der Waals surface area (Å²) in [6, 6.07) is 17.0. The van der Waals surface area contributed by atoms with Crippen LogP contribution in [0.4, 0.5) is 27.9 Å². The zero-order chi connectivity index (χ0) is 27.6. The van der Waals surface area contributed by atoms with Crippen molar-refractivity contribution in [1.82, 2.24) is 15.3 Å². The molecule has 38 heavy (non-hydrogen) atoms. The second kappa shape index (κ2) is 13.2. The summed E-state index contributed by atoms with van der Waals surface area (Å²) < 4.78 is 11.7. The van der Waals surface area contributed by atoms with E-state index in [0.29, 0.717) is 43.6 Å². The summed E-state index contributed by atoms with van der Waals surface area (Å²) in [6.07, 6.45) is 2.04. The molecule has 2 aromatic carbocycles. The van der Waals surface area contributed by atoms with Gasteiger partial charge in [0.2, 0.25) is 5.95 Å². The summed E-state index contributed by atoms with van der Waals surface area (Å²) in [7, 11) is -1.95. The van der Waals surface area contributed by atoms with Gasteiger partial charge in [-0.1, -0.05) is 57.2 Å². The van der Waals surface area contributed by atoms with E-state index >= 15 is 0 Å². The number of nitrogens with zero attached hydrogens (tertiary/aromatic N) is 2. The maximum atomic E-state index is 12.0. The Morgan fingerprint density at radius 1 is 1.03 bits per heavy atom. The Hall–Kier alpha value is -3.63. The van der Waals surface area contributed by atoms with Gasteiger partial charge in [-0.05, 0) is 48.3 Å². The average Bonchev–Trinajstić information content (AvgIpc) is 2.87. The molecule has 1 heterocycles. The molecule has 0 aliphatic rings. The molecule has 0 spiro atoms. The van der Waals surface area contributed by atoms with Crippen molar-refractivity contribution < 1.29 is 14.0 Å². The number of aromatic nitrogens is 2. The predicted molar refractivity (Wildman–Crippen MR) is 156 cm³/mol. The Bertz CT molecular complexity index is 1180. The van der Waals surface area contributed by atoms with E-state index in [1.54, 1.807) is 6.20 Å². The summed E-state index contributed by atoms with van der Waals surface area (Å²) in [5.74, 6) is 1.15. The molecule has 204 valence electrons. The van der Waals surface area contributed by atoms with E-state index in [-0.39, 0.29) is 11.6 Å². The number of amides is 1. The van der Waals surface area contributed by atoms with Crippen LogP contribution in [0.1, 0.15) is 38.3 Å². The standard InChI is InChI=1S/C28H40N6O3Si/c1-28(2,3)38(4,5)37-20-22-18-32-26(33-24-14-9-13-23(29)17-24)34-25(22)30-15-10-16-31-27(35)36-19-21-11-7-6-8-12-21/h6-9,11-14,17-18H,10,15-16,19-20,29H2,1-5H3,(H,31,35)(H2,30,32,33,34). The molecule has 0 aliphatic heterocycles. The maximum Gasteiger partial charge on any atom is 0.407 e. The molecule has 0 atom stereocenters. The van der Waals surface area contributed by atoms with Crippen LogP contribution in [0.15, 0.2) is 60.8 Å². The summed E-state index contributed by atoms with van der Waals surface area (Å²) in [6.45, 7) is 12.8. The van der Waals surface area contributed by atoms with Gasteiger partial charge in [-0.15, -0.1) is 0 Å². The van der Waals surface area contributed by atoms with Crippen LogP contribution in [0.2, 0.25) is 18.1 Å². The zero-order valence-corrected chi connectivity index (χ0v) is 24.0. The number of ether oxygens (including phenoxy) is 1. The van der Waals surface area contributed by atoms with Crippen LogP contribution < -0.4 is 21.7 Å². The van der Waals surface area contributed by atoms with Crippen LogP contribution in [-0.2, 0) is 22.4 Å². The van der Waals surface area contributed by atoms with Crippen LogP contribution in [-0.4, -0.2) is 37.5 Å². The monoisotopic (exact) mass is 536 g/mol. The van der Waals surface area contributed by atoms with Crippen LogP contribution >= 0.6 is 0 Å². The number of nitrogen functional groups attached to an aromatic ring is 1. The first-order chi connectivity index (χ1) is 18.0. The van der Waals surface area contributed by atoms with Gasteiger partial charge in [-0.25, -0.2) is 9.78 Å². The van der Waals surface area contributed by atoms with Crippen molar-refractivity contribution in [2.24, 2.45) is 0 Å². The Balaban J connectivity index is 1.57. The first kappa shape index (κ1) is 28.9. The molecule has 0 radical (unpaired) electrons. The predicted octanol–water partition coefficient (Wildman–Crippen LogP) is 6.05. The van der Waals surface area contributed by atoms with Crippen LogP contribution in [0.3, 0.4) is 0 Å². The zero-order valence-electron chi connectivity index (χ0n) is 23.0. The lowest BCUT2D eigenvalue weighted by Crippen LogP contribution is -2.40. The second-order valence-electron chi connectivity index (χ2n) is 10.6. The number of nitrogens with two attached hydrogens (primary N) is 1. The van der Waals surface area contributed by atoms with Crippen molar-refractivity contribution in [3.63, 3.8) is 0 Å². The van der Waals surface area contributed by atoms with E-state index in [1.165, 1.54) is 0 Å². The molecular formula is C28H40N6O3Si. The highest BCUT2D eigenvalue weighted by Crippen LogP contribution is 2.37. The highest BCUT2D eigenvalue weighted by Gasteiger charge is 2.37. The molecular weight excluding hydrogens is 496 g/mol. The molecule has 3 rings (SSSR count). The summed E-state index contributed by atoms with van der Waals surface area (Å²) in [4.78, 5) is 21.2. The molecule has 0 bridgehead atoms. The first-order valence-corrected chi connectivity index (χ1v) is 15.8.